The fraction of sp³-hybridized carbons (Fsp3) is 0.471. The summed E-state index contributed by atoms with van der Waals surface area (Å²) in [5, 5.41) is 0. The molecule has 0 aromatic rings. The van der Waals surface area contributed by atoms with E-state index in [1.807, 2.05) is 24.3 Å². The maximum Gasteiger partial charge on any atom is 0.331 e. The van der Waals surface area contributed by atoms with E-state index in [-0.39, 0.29) is 12.1 Å². The molecule has 1 heterocycles. The monoisotopic (exact) mass is 258 g/mol. The minimum Gasteiger partial charge on any atom is -0.455 e. The van der Waals surface area contributed by atoms with E-state index in [2.05, 4.69) is 25.2 Å². The Bertz CT molecular complexity index is 415. The van der Waals surface area contributed by atoms with Crippen LogP contribution in [0.4, 0.5) is 0 Å². The standard InChI is InChI=1S/C17H22O2/c1-14-13-15(14)9-6-4-2-3-5-7-10-16-11-8-12-17(18)19-16/h3,5-10,12,14-16H,2,4,11,13H2,1H3/t14-,15-,16+/m0/s1. The zero-order valence-electron chi connectivity index (χ0n) is 11.5. The molecule has 0 amide bonds. The highest BCUT2D eigenvalue weighted by molar-refractivity contribution is 5.82. The van der Waals surface area contributed by atoms with Gasteiger partial charge in [0, 0.05) is 12.5 Å². The number of rotatable bonds is 6. The molecule has 2 heteroatoms. The van der Waals surface area contributed by atoms with Crippen LogP contribution in [0.2, 0.25) is 0 Å². The summed E-state index contributed by atoms with van der Waals surface area (Å²) in [6, 6.07) is 0. The third-order valence-electron chi connectivity index (χ3n) is 3.52. The van der Waals surface area contributed by atoms with Crippen molar-refractivity contribution in [2.45, 2.75) is 38.7 Å². The number of carbonyl (C=O) groups excluding carboxylic acids is 1. The van der Waals surface area contributed by atoms with E-state index in [1.54, 1.807) is 0 Å². The molecule has 1 saturated carbocycles. The van der Waals surface area contributed by atoms with Gasteiger partial charge in [-0.2, -0.15) is 0 Å². The molecule has 3 atom stereocenters. The predicted molar refractivity (Wildman–Crippen MR) is 77.6 cm³/mol. The van der Waals surface area contributed by atoms with Crippen LogP contribution in [-0.2, 0) is 9.53 Å². The molecule has 0 radical (unpaired) electrons. The minimum absolute atomic E-state index is 0.0987. The Labute approximate surface area is 115 Å². The summed E-state index contributed by atoms with van der Waals surface area (Å²) in [6.45, 7) is 2.30. The second kappa shape index (κ2) is 7.13. The fourth-order valence-electron chi connectivity index (χ4n) is 2.10. The van der Waals surface area contributed by atoms with Crippen molar-refractivity contribution < 1.29 is 9.53 Å². The number of unbranched alkanes of at least 4 members (excludes halogenated alkanes) is 1. The second-order valence-electron chi connectivity index (χ2n) is 5.31. The van der Waals surface area contributed by atoms with Crippen molar-refractivity contribution in [1.29, 1.82) is 0 Å². The molecule has 0 aromatic heterocycles. The SMILES string of the molecule is C[C@H]1C[C@@H]1C=CCCC=CC=C[C@@H]1CC=CC(=O)O1. The van der Waals surface area contributed by atoms with E-state index in [0.29, 0.717) is 0 Å². The van der Waals surface area contributed by atoms with Crippen molar-refractivity contribution in [3.63, 3.8) is 0 Å². The van der Waals surface area contributed by atoms with Crippen LogP contribution >= 0.6 is 0 Å². The van der Waals surface area contributed by atoms with Gasteiger partial charge in [0.15, 0.2) is 0 Å². The molecule has 0 N–H and O–H groups in total. The van der Waals surface area contributed by atoms with Crippen LogP contribution in [-0.4, -0.2) is 12.1 Å². The maximum atomic E-state index is 11.0. The Hall–Kier alpha value is -1.57. The summed E-state index contributed by atoms with van der Waals surface area (Å²) in [6.07, 6.45) is 20.3. The highest BCUT2D eigenvalue weighted by Gasteiger charge is 2.29. The lowest BCUT2D eigenvalue weighted by Gasteiger charge is -2.13. The van der Waals surface area contributed by atoms with E-state index in [1.165, 1.54) is 12.5 Å². The molecule has 0 aromatic carbocycles. The average Bonchev–Trinajstić information content (AvgIpc) is 3.09. The lowest BCUT2D eigenvalue weighted by atomic mass is 10.2. The van der Waals surface area contributed by atoms with Crippen LogP contribution in [0.5, 0.6) is 0 Å². The highest BCUT2D eigenvalue weighted by Crippen LogP contribution is 2.38. The Balaban J connectivity index is 1.57. The van der Waals surface area contributed by atoms with Gasteiger partial charge in [-0.1, -0.05) is 43.4 Å². The number of esters is 1. The average molecular weight is 258 g/mol. The summed E-state index contributed by atoms with van der Waals surface area (Å²) in [7, 11) is 0. The first-order chi connectivity index (χ1) is 9.25. The third-order valence-corrected chi connectivity index (χ3v) is 3.52. The van der Waals surface area contributed by atoms with Crippen LogP contribution < -0.4 is 0 Å². The van der Waals surface area contributed by atoms with Crippen LogP contribution in [0.25, 0.3) is 0 Å². The van der Waals surface area contributed by atoms with Gasteiger partial charge in [-0.25, -0.2) is 4.79 Å². The number of cyclic esters (lactones) is 1. The zero-order valence-corrected chi connectivity index (χ0v) is 11.5. The molecule has 1 aliphatic carbocycles. The van der Waals surface area contributed by atoms with Gasteiger partial charge in [0.05, 0.1) is 0 Å². The predicted octanol–water partition coefficient (Wildman–Crippen LogP) is 3.96. The van der Waals surface area contributed by atoms with Crippen molar-refractivity contribution in [1.82, 2.24) is 0 Å². The van der Waals surface area contributed by atoms with Gasteiger partial charge < -0.3 is 4.74 Å². The first kappa shape index (κ1) is 13.9. The zero-order chi connectivity index (χ0) is 13.5. The summed E-state index contributed by atoms with van der Waals surface area (Å²) >= 11 is 0. The van der Waals surface area contributed by atoms with E-state index < -0.39 is 0 Å². The molecule has 19 heavy (non-hydrogen) atoms. The summed E-state index contributed by atoms with van der Waals surface area (Å²) in [4.78, 5) is 11.0. The Morgan fingerprint density at radius 2 is 2.05 bits per heavy atom. The van der Waals surface area contributed by atoms with Crippen molar-refractivity contribution in [2.24, 2.45) is 11.8 Å². The summed E-state index contributed by atoms with van der Waals surface area (Å²) in [5.74, 6) is 1.50. The minimum atomic E-state index is -0.246. The van der Waals surface area contributed by atoms with Crippen LogP contribution in [0.15, 0.2) is 48.6 Å². The van der Waals surface area contributed by atoms with Crippen molar-refractivity contribution >= 4 is 5.97 Å². The van der Waals surface area contributed by atoms with Gasteiger partial charge in [-0.3, -0.25) is 0 Å². The van der Waals surface area contributed by atoms with Gasteiger partial charge >= 0.3 is 5.97 Å². The second-order valence-corrected chi connectivity index (χ2v) is 5.31. The van der Waals surface area contributed by atoms with Gasteiger partial charge in [-0.05, 0) is 37.2 Å². The molecule has 0 unspecified atom stereocenters. The van der Waals surface area contributed by atoms with E-state index in [9.17, 15) is 4.79 Å². The van der Waals surface area contributed by atoms with Crippen LogP contribution in [0.3, 0.4) is 0 Å². The van der Waals surface area contributed by atoms with Gasteiger partial charge in [-0.15, -0.1) is 0 Å². The van der Waals surface area contributed by atoms with E-state index >= 15 is 0 Å². The fourth-order valence-corrected chi connectivity index (χ4v) is 2.10. The Morgan fingerprint density at radius 1 is 1.26 bits per heavy atom. The normalized spacial score (nSPS) is 30.6. The molecular formula is C17H22O2. The molecule has 102 valence electrons. The first-order valence-corrected chi connectivity index (χ1v) is 7.13. The quantitative estimate of drug-likeness (QED) is 0.312. The number of ether oxygens (including phenoxy) is 1. The molecule has 0 saturated heterocycles. The van der Waals surface area contributed by atoms with E-state index in [4.69, 9.17) is 4.74 Å². The molecule has 2 aliphatic rings. The number of hydrogen-bond acceptors (Lipinski definition) is 2. The van der Waals surface area contributed by atoms with Gasteiger partial charge in [0.2, 0.25) is 0 Å². The van der Waals surface area contributed by atoms with Crippen molar-refractivity contribution in [3.8, 4) is 0 Å². The lowest BCUT2D eigenvalue weighted by Crippen LogP contribution is -2.17. The third kappa shape index (κ3) is 5.29. The Kier molecular flexibility index (Phi) is 5.20. The number of hydrogen-bond donors (Lipinski definition) is 0. The first-order valence-electron chi connectivity index (χ1n) is 7.13. The molecule has 0 bridgehead atoms. The largest absolute Gasteiger partial charge is 0.455 e. The summed E-state index contributed by atoms with van der Waals surface area (Å²) in [5.41, 5.74) is 0. The maximum absolute atomic E-state index is 11.0. The molecule has 2 rings (SSSR count). The molecule has 0 spiro atoms. The van der Waals surface area contributed by atoms with Crippen LogP contribution in [0.1, 0.15) is 32.6 Å². The number of carbonyl (C=O) groups is 1. The van der Waals surface area contributed by atoms with E-state index in [0.717, 1.165) is 31.1 Å². The van der Waals surface area contributed by atoms with Crippen LogP contribution in [0, 0.1) is 11.8 Å². The highest BCUT2D eigenvalue weighted by atomic mass is 16.5. The number of allylic oxidation sites excluding steroid dienone is 5. The molecule has 1 aliphatic heterocycles. The molecule has 1 fully saturated rings. The Morgan fingerprint density at radius 3 is 2.79 bits per heavy atom. The summed E-state index contributed by atoms with van der Waals surface area (Å²) < 4.78 is 5.12. The molecular weight excluding hydrogens is 236 g/mol. The van der Waals surface area contributed by atoms with Gasteiger partial charge in [0.1, 0.15) is 6.10 Å². The van der Waals surface area contributed by atoms with Crippen molar-refractivity contribution in [3.05, 3.63) is 48.6 Å². The molecule has 2 nitrogen and oxygen atoms in total. The smallest absolute Gasteiger partial charge is 0.331 e. The lowest BCUT2D eigenvalue weighted by molar-refractivity contribution is -0.141. The topological polar surface area (TPSA) is 26.3 Å². The van der Waals surface area contributed by atoms with Gasteiger partial charge in [0.25, 0.3) is 0 Å². The van der Waals surface area contributed by atoms with Crippen molar-refractivity contribution in [2.75, 3.05) is 0 Å².